The third-order valence-corrected chi connectivity index (χ3v) is 4.70. The highest BCUT2D eigenvalue weighted by Crippen LogP contribution is 2.24. The number of carbonyl (C=O) groups excluding carboxylic acids is 3. The molecule has 2 heterocycles. The molecule has 0 aliphatic carbocycles. The summed E-state index contributed by atoms with van der Waals surface area (Å²) >= 11 is 1.33. The molecule has 0 spiro atoms. The van der Waals surface area contributed by atoms with Crippen molar-refractivity contribution >= 4 is 29.2 Å². The van der Waals surface area contributed by atoms with Crippen molar-refractivity contribution in [3.63, 3.8) is 0 Å². The number of carbonyl (C=O) groups is 3. The molecule has 8 heteroatoms. The summed E-state index contributed by atoms with van der Waals surface area (Å²) in [5.74, 6) is -1.23. The fourth-order valence-corrected chi connectivity index (χ4v) is 3.17. The quantitative estimate of drug-likeness (QED) is 0.826. The van der Waals surface area contributed by atoms with Gasteiger partial charge in [-0.15, -0.1) is 11.3 Å². The second-order valence-corrected chi connectivity index (χ2v) is 6.30. The zero-order chi connectivity index (χ0) is 17.8. The first kappa shape index (κ1) is 17.1. The number of amides is 3. The fourth-order valence-electron chi connectivity index (χ4n) is 2.37. The smallest absolute Gasteiger partial charge is 0.358 e. The summed E-state index contributed by atoms with van der Waals surface area (Å²) in [5, 5.41) is 4.82. The first-order valence-corrected chi connectivity index (χ1v) is 8.76. The van der Waals surface area contributed by atoms with Crippen LogP contribution in [0.5, 0.6) is 0 Å². The molecule has 1 aliphatic heterocycles. The molecule has 2 aromatic rings. The molecule has 130 valence electrons. The average molecular weight is 359 g/mol. The van der Waals surface area contributed by atoms with Crippen LogP contribution in [-0.2, 0) is 16.0 Å². The van der Waals surface area contributed by atoms with E-state index in [9.17, 15) is 14.4 Å². The molecule has 1 aliphatic rings. The number of aryl methyl sites for hydroxylation is 1. The summed E-state index contributed by atoms with van der Waals surface area (Å²) < 4.78 is 4.97. The molecule has 1 aromatic carbocycles. The number of benzene rings is 1. The lowest BCUT2D eigenvalue weighted by Gasteiger charge is -2.11. The number of urea groups is 1. The van der Waals surface area contributed by atoms with Gasteiger partial charge in [-0.3, -0.25) is 9.69 Å². The summed E-state index contributed by atoms with van der Waals surface area (Å²) in [7, 11) is 0. The number of imide groups is 1. The minimum Gasteiger partial charge on any atom is -0.451 e. The van der Waals surface area contributed by atoms with Gasteiger partial charge in [0.1, 0.15) is 5.01 Å². The van der Waals surface area contributed by atoms with Gasteiger partial charge in [0, 0.05) is 24.0 Å². The molecular weight excluding hydrogens is 342 g/mol. The lowest BCUT2D eigenvalue weighted by molar-refractivity contribution is -0.130. The van der Waals surface area contributed by atoms with Crippen molar-refractivity contribution in [2.45, 2.75) is 13.3 Å². The minimum absolute atomic E-state index is 0.151. The summed E-state index contributed by atoms with van der Waals surface area (Å²) in [4.78, 5) is 40.6. The van der Waals surface area contributed by atoms with Gasteiger partial charge in [0.05, 0.1) is 0 Å². The molecule has 0 unspecified atom stereocenters. The molecule has 1 N–H and O–H groups in total. The standard InChI is InChI=1S/C17H17N3O4S/c1-2-11-3-5-12(6-4-11)15-19-13(10-25-15)16(22)24-9-14(21)20-8-7-18-17(20)23/h3-6,10H,2,7-9H2,1H3,(H,18,23). The Bertz CT molecular complexity index is 800. The molecule has 3 amide bonds. The van der Waals surface area contributed by atoms with E-state index >= 15 is 0 Å². The van der Waals surface area contributed by atoms with Gasteiger partial charge in [-0.2, -0.15) is 0 Å². The number of nitrogens with one attached hydrogen (secondary N) is 1. The Kier molecular flexibility index (Phi) is 5.08. The first-order valence-electron chi connectivity index (χ1n) is 7.88. The van der Waals surface area contributed by atoms with Crippen molar-refractivity contribution in [3.8, 4) is 10.6 Å². The average Bonchev–Trinajstić information content (AvgIpc) is 3.28. The second kappa shape index (κ2) is 7.43. The Hall–Kier alpha value is -2.74. The number of rotatable bonds is 5. The van der Waals surface area contributed by atoms with Crippen LogP contribution in [0.25, 0.3) is 10.6 Å². The van der Waals surface area contributed by atoms with E-state index in [0.29, 0.717) is 11.6 Å². The molecule has 0 saturated carbocycles. The number of esters is 1. The van der Waals surface area contributed by atoms with Crippen LogP contribution in [0.4, 0.5) is 4.79 Å². The van der Waals surface area contributed by atoms with Crippen molar-refractivity contribution in [2.24, 2.45) is 0 Å². The Labute approximate surface area is 148 Å². The number of thiazole rings is 1. The van der Waals surface area contributed by atoms with E-state index < -0.39 is 24.5 Å². The van der Waals surface area contributed by atoms with Gasteiger partial charge in [-0.1, -0.05) is 31.2 Å². The van der Waals surface area contributed by atoms with Crippen LogP contribution in [0.1, 0.15) is 23.0 Å². The van der Waals surface area contributed by atoms with E-state index in [2.05, 4.69) is 17.2 Å². The number of nitrogens with zero attached hydrogens (tertiary/aromatic N) is 2. The highest BCUT2D eigenvalue weighted by molar-refractivity contribution is 7.13. The third-order valence-electron chi connectivity index (χ3n) is 3.81. The van der Waals surface area contributed by atoms with Gasteiger partial charge < -0.3 is 10.1 Å². The second-order valence-electron chi connectivity index (χ2n) is 5.44. The molecule has 1 saturated heterocycles. The van der Waals surface area contributed by atoms with Crippen LogP contribution in [-0.4, -0.2) is 47.5 Å². The van der Waals surface area contributed by atoms with Crippen molar-refractivity contribution in [1.29, 1.82) is 0 Å². The lowest BCUT2D eigenvalue weighted by atomic mass is 10.1. The van der Waals surface area contributed by atoms with Gasteiger partial charge in [-0.25, -0.2) is 14.6 Å². The van der Waals surface area contributed by atoms with E-state index in [1.807, 2.05) is 24.3 Å². The summed E-state index contributed by atoms with van der Waals surface area (Å²) in [6.07, 6.45) is 0.957. The highest BCUT2D eigenvalue weighted by atomic mass is 32.1. The lowest BCUT2D eigenvalue weighted by Crippen LogP contribution is -2.37. The molecule has 0 radical (unpaired) electrons. The Morgan fingerprint density at radius 2 is 2.08 bits per heavy atom. The number of ether oxygens (including phenoxy) is 1. The van der Waals surface area contributed by atoms with Crippen LogP contribution in [0.3, 0.4) is 0 Å². The SMILES string of the molecule is CCc1ccc(-c2nc(C(=O)OCC(=O)N3CCNC3=O)cs2)cc1. The predicted molar refractivity (Wildman–Crippen MR) is 92.3 cm³/mol. The summed E-state index contributed by atoms with van der Waals surface area (Å²) in [6.45, 7) is 2.29. The van der Waals surface area contributed by atoms with Gasteiger partial charge in [0.25, 0.3) is 5.91 Å². The predicted octanol–water partition coefficient (Wildman–Crippen LogP) is 2.08. The summed E-state index contributed by atoms with van der Waals surface area (Å²) in [6, 6.07) is 7.50. The monoisotopic (exact) mass is 359 g/mol. The molecule has 3 rings (SSSR count). The number of hydrogen-bond acceptors (Lipinski definition) is 6. The highest BCUT2D eigenvalue weighted by Gasteiger charge is 2.27. The zero-order valence-electron chi connectivity index (χ0n) is 13.7. The van der Waals surface area contributed by atoms with Crippen LogP contribution in [0.2, 0.25) is 0 Å². The van der Waals surface area contributed by atoms with Crippen molar-refractivity contribution in [3.05, 3.63) is 40.9 Å². The summed E-state index contributed by atoms with van der Waals surface area (Å²) in [5.41, 5.74) is 2.30. The topological polar surface area (TPSA) is 88.6 Å². The molecule has 0 atom stereocenters. The van der Waals surface area contributed by atoms with Gasteiger partial charge >= 0.3 is 12.0 Å². The minimum atomic E-state index is -0.680. The van der Waals surface area contributed by atoms with Gasteiger partial charge in [0.2, 0.25) is 0 Å². The largest absolute Gasteiger partial charge is 0.451 e. The molecule has 7 nitrogen and oxygen atoms in total. The Balaban J connectivity index is 1.60. The maximum absolute atomic E-state index is 12.0. The normalized spacial score (nSPS) is 13.6. The van der Waals surface area contributed by atoms with Crippen molar-refractivity contribution in [1.82, 2.24) is 15.2 Å². The molecular formula is C17H17N3O4S. The van der Waals surface area contributed by atoms with Crippen LogP contribution in [0, 0.1) is 0 Å². The van der Waals surface area contributed by atoms with E-state index in [-0.39, 0.29) is 12.2 Å². The van der Waals surface area contributed by atoms with E-state index in [0.717, 1.165) is 16.9 Å². The third kappa shape index (κ3) is 3.85. The van der Waals surface area contributed by atoms with Crippen LogP contribution in [0.15, 0.2) is 29.6 Å². The maximum atomic E-state index is 12.0. The van der Waals surface area contributed by atoms with Gasteiger partial charge in [-0.05, 0) is 12.0 Å². The zero-order valence-corrected chi connectivity index (χ0v) is 14.5. The van der Waals surface area contributed by atoms with Crippen molar-refractivity contribution < 1.29 is 19.1 Å². The Morgan fingerprint density at radius 3 is 2.72 bits per heavy atom. The molecule has 0 bridgehead atoms. The van der Waals surface area contributed by atoms with Gasteiger partial charge in [0.15, 0.2) is 12.3 Å². The Morgan fingerprint density at radius 1 is 1.32 bits per heavy atom. The molecule has 1 fully saturated rings. The van der Waals surface area contributed by atoms with E-state index in [1.54, 1.807) is 5.38 Å². The van der Waals surface area contributed by atoms with E-state index in [4.69, 9.17) is 4.74 Å². The molecule has 25 heavy (non-hydrogen) atoms. The maximum Gasteiger partial charge on any atom is 0.358 e. The van der Waals surface area contributed by atoms with E-state index in [1.165, 1.54) is 16.9 Å². The van der Waals surface area contributed by atoms with Crippen LogP contribution < -0.4 is 5.32 Å². The molecule has 1 aromatic heterocycles. The van der Waals surface area contributed by atoms with Crippen molar-refractivity contribution in [2.75, 3.05) is 19.7 Å². The number of hydrogen-bond donors (Lipinski definition) is 1. The first-order chi connectivity index (χ1) is 12.1. The fraction of sp³-hybridized carbons (Fsp3) is 0.294. The van der Waals surface area contributed by atoms with Crippen LogP contribution >= 0.6 is 11.3 Å². The number of aromatic nitrogens is 1.